The average Bonchev–Trinajstić information content (AvgIpc) is 3.11. The van der Waals surface area contributed by atoms with Crippen molar-refractivity contribution in [3.63, 3.8) is 0 Å². The Hall–Kier alpha value is -1.73. The molecule has 0 radical (unpaired) electrons. The second-order valence-electron chi connectivity index (χ2n) is 8.48. The van der Waals surface area contributed by atoms with Crippen molar-refractivity contribution >= 4 is 10.0 Å². The van der Waals surface area contributed by atoms with Gasteiger partial charge in [-0.05, 0) is 42.4 Å². The first kappa shape index (κ1) is 17.7. The fraction of sp³-hybridized carbons (Fsp3) is 0.579. The van der Waals surface area contributed by atoms with E-state index in [4.69, 9.17) is 0 Å². The van der Waals surface area contributed by atoms with Crippen LogP contribution >= 0.6 is 0 Å². The zero-order chi connectivity index (χ0) is 18.5. The molecule has 1 aliphatic carbocycles. The first-order valence-corrected chi connectivity index (χ1v) is 10.7. The van der Waals surface area contributed by atoms with Crippen LogP contribution in [0.15, 0.2) is 35.4 Å². The van der Waals surface area contributed by atoms with Gasteiger partial charge in [-0.2, -0.15) is 4.31 Å². The standard InChI is InChI=1S/C19H26N4O2S/c1-19(2,3)15-6-8-17(9-7-15)26(24,25)22-11-10-16(12-22)23-13-18(20-21-23)14-4-5-14/h6-9,13-14,16H,4-5,10-12H2,1-3H3. The highest BCUT2D eigenvalue weighted by molar-refractivity contribution is 7.89. The Labute approximate surface area is 155 Å². The largest absolute Gasteiger partial charge is 0.248 e. The quantitative estimate of drug-likeness (QED) is 0.825. The molecule has 1 saturated heterocycles. The lowest BCUT2D eigenvalue weighted by Gasteiger charge is -2.20. The van der Waals surface area contributed by atoms with Crippen LogP contribution in [0, 0.1) is 0 Å². The summed E-state index contributed by atoms with van der Waals surface area (Å²) in [7, 11) is -3.47. The first-order valence-electron chi connectivity index (χ1n) is 9.27. The van der Waals surface area contributed by atoms with Gasteiger partial charge in [0.15, 0.2) is 0 Å². The number of sulfonamides is 1. The summed E-state index contributed by atoms with van der Waals surface area (Å²) >= 11 is 0. The number of benzene rings is 1. The SMILES string of the molecule is CC(C)(C)c1ccc(S(=O)(=O)N2CCC(n3cc(C4CC4)nn3)C2)cc1. The molecule has 2 aromatic rings. The van der Waals surface area contributed by atoms with E-state index < -0.39 is 10.0 Å². The molecule has 140 valence electrons. The summed E-state index contributed by atoms with van der Waals surface area (Å²) in [6.45, 7) is 7.34. The lowest BCUT2D eigenvalue weighted by Crippen LogP contribution is -2.29. The van der Waals surface area contributed by atoms with Gasteiger partial charge in [-0.15, -0.1) is 5.10 Å². The minimum absolute atomic E-state index is 0.00733. The van der Waals surface area contributed by atoms with Crippen LogP contribution in [-0.4, -0.2) is 40.8 Å². The van der Waals surface area contributed by atoms with Crippen LogP contribution in [-0.2, 0) is 15.4 Å². The molecule has 26 heavy (non-hydrogen) atoms. The van der Waals surface area contributed by atoms with Gasteiger partial charge in [0.2, 0.25) is 10.0 Å². The molecule has 7 heteroatoms. The molecular weight excluding hydrogens is 348 g/mol. The summed E-state index contributed by atoms with van der Waals surface area (Å²) in [6.07, 6.45) is 5.15. The molecule has 2 fully saturated rings. The summed E-state index contributed by atoms with van der Waals surface area (Å²) in [5.74, 6) is 0.561. The summed E-state index contributed by atoms with van der Waals surface area (Å²) < 4.78 is 29.4. The van der Waals surface area contributed by atoms with Gasteiger partial charge in [0.05, 0.1) is 16.6 Å². The number of hydrogen-bond donors (Lipinski definition) is 0. The van der Waals surface area contributed by atoms with Crippen molar-refractivity contribution in [2.24, 2.45) is 0 Å². The molecule has 4 rings (SSSR count). The molecule has 1 saturated carbocycles. The van der Waals surface area contributed by atoms with Crippen molar-refractivity contribution in [3.05, 3.63) is 41.7 Å². The zero-order valence-electron chi connectivity index (χ0n) is 15.6. The second-order valence-corrected chi connectivity index (χ2v) is 10.4. The van der Waals surface area contributed by atoms with Crippen LogP contribution in [0.25, 0.3) is 0 Å². The minimum Gasteiger partial charge on any atom is -0.248 e. The van der Waals surface area contributed by atoms with Gasteiger partial charge < -0.3 is 0 Å². The van der Waals surface area contributed by atoms with Crippen molar-refractivity contribution in [1.82, 2.24) is 19.3 Å². The maximum absolute atomic E-state index is 13.0. The Balaban J connectivity index is 1.49. The van der Waals surface area contributed by atoms with E-state index >= 15 is 0 Å². The van der Waals surface area contributed by atoms with E-state index in [2.05, 4.69) is 31.1 Å². The molecule has 1 aromatic heterocycles. The third kappa shape index (κ3) is 3.30. The molecule has 0 bridgehead atoms. The van der Waals surface area contributed by atoms with E-state index in [1.165, 1.54) is 12.8 Å². The monoisotopic (exact) mass is 374 g/mol. The van der Waals surface area contributed by atoms with Crippen molar-refractivity contribution < 1.29 is 8.42 Å². The molecule has 1 atom stereocenters. The molecule has 1 aromatic carbocycles. The Morgan fingerprint density at radius 1 is 1.08 bits per heavy atom. The molecule has 0 N–H and O–H groups in total. The summed E-state index contributed by atoms with van der Waals surface area (Å²) in [5, 5.41) is 8.48. The van der Waals surface area contributed by atoms with Crippen LogP contribution in [0.2, 0.25) is 0 Å². The highest BCUT2D eigenvalue weighted by Gasteiger charge is 2.35. The normalized spacial score (nSPS) is 22.0. The summed E-state index contributed by atoms with van der Waals surface area (Å²) in [6, 6.07) is 7.35. The summed E-state index contributed by atoms with van der Waals surface area (Å²) in [4.78, 5) is 0.364. The lowest BCUT2D eigenvalue weighted by molar-refractivity contribution is 0.428. The van der Waals surface area contributed by atoms with Gasteiger partial charge >= 0.3 is 0 Å². The van der Waals surface area contributed by atoms with Crippen molar-refractivity contribution in [1.29, 1.82) is 0 Å². The Morgan fingerprint density at radius 2 is 1.77 bits per heavy atom. The second kappa shape index (κ2) is 6.16. The molecule has 0 amide bonds. The average molecular weight is 375 g/mol. The van der Waals surface area contributed by atoms with Crippen LogP contribution in [0.5, 0.6) is 0 Å². The molecule has 1 unspecified atom stereocenters. The van der Waals surface area contributed by atoms with Crippen LogP contribution in [0.1, 0.15) is 63.3 Å². The van der Waals surface area contributed by atoms with Gasteiger partial charge in [-0.3, -0.25) is 0 Å². The topological polar surface area (TPSA) is 68.1 Å². The predicted molar refractivity (Wildman–Crippen MR) is 99.6 cm³/mol. The Bertz CT molecular complexity index is 892. The highest BCUT2D eigenvalue weighted by Crippen LogP contribution is 2.39. The molecule has 2 aliphatic rings. The lowest BCUT2D eigenvalue weighted by atomic mass is 9.87. The number of aromatic nitrogens is 3. The van der Waals surface area contributed by atoms with Crippen LogP contribution < -0.4 is 0 Å². The van der Waals surface area contributed by atoms with E-state index in [9.17, 15) is 8.42 Å². The minimum atomic E-state index is -3.47. The first-order chi connectivity index (χ1) is 12.2. The van der Waals surface area contributed by atoms with Crippen LogP contribution in [0.3, 0.4) is 0 Å². The number of nitrogens with zero attached hydrogens (tertiary/aromatic N) is 4. The van der Waals surface area contributed by atoms with Gasteiger partial charge in [0.1, 0.15) is 0 Å². The number of hydrogen-bond acceptors (Lipinski definition) is 4. The molecule has 6 nitrogen and oxygen atoms in total. The Morgan fingerprint density at radius 3 is 2.38 bits per heavy atom. The fourth-order valence-electron chi connectivity index (χ4n) is 3.46. The molecular formula is C19H26N4O2S. The van der Waals surface area contributed by atoms with Gasteiger partial charge in [0, 0.05) is 25.2 Å². The zero-order valence-corrected chi connectivity index (χ0v) is 16.4. The third-order valence-corrected chi connectivity index (χ3v) is 7.26. The summed E-state index contributed by atoms with van der Waals surface area (Å²) in [5.41, 5.74) is 2.18. The van der Waals surface area contributed by atoms with Gasteiger partial charge in [0.25, 0.3) is 0 Å². The van der Waals surface area contributed by atoms with Crippen molar-refractivity contribution in [2.45, 2.75) is 62.3 Å². The van der Waals surface area contributed by atoms with E-state index in [0.717, 1.165) is 17.7 Å². The fourth-order valence-corrected chi connectivity index (χ4v) is 4.95. The smallest absolute Gasteiger partial charge is 0.243 e. The van der Waals surface area contributed by atoms with Gasteiger partial charge in [-0.25, -0.2) is 13.1 Å². The van der Waals surface area contributed by atoms with Gasteiger partial charge in [-0.1, -0.05) is 38.1 Å². The van der Waals surface area contributed by atoms with Crippen molar-refractivity contribution in [3.8, 4) is 0 Å². The highest BCUT2D eigenvalue weighted by atomic mass is 32.2. The molecule has 1 aliphatic heterocycles. The van der Waals surface area contributed by atoms with E-state index in [0.29, 0.717) is 23.9 Å². The molecule has 2 heterocycles. The maximum Gasteiger partial charge on any atom is 0.243 e. The van der Waals surface area contributed by atoms with E-state index in [1.54, 1.807) is 16.4 Å². The Kier molecular flexibility index (Phi) is 4.19. The van der Waals surface area contributed by atoms with Crippen molar-refractivity contribution in [2.75, 3.05) is 13.1 Å². The molecule has 0 spiro atoms. The number of rotatable bonds is 4. The maximum atomic E-state index is 13.0. The third-order valence-electron chi connectivity index (χ3n) is 5.38. The van der Waals surface area contributed by atoms with Crippen LogP contribution in [0.4, 0.5) is 0 Å². The van der Waals surface area contributed by atoms with E-state index in [1.807, 2.05) is 23.0 Å². The van der Waals surface area contributed by atoms with E-state index in [-0.39, 0.29) is 11.5 Å². The predicted octanol–water partition coefficient (Wildman–Crippen LogP) is 3.09.